The Balaban J connectivity index is 1.57. The average molecular weight is 421 g/mol. The summed E-state index contributed by atoms with van der Waals surface area (Å²) in [5.74, 6) is 3.89. The number of aromatic nitrogens is 3. The maximum atomic E-state index is 12.3. The van der Waals surface area contributed by atoms with E-state index in [2.05, 4.69) is 15.5 Å². The molecule has 0 unspecified atom stereocenters. The van der Waals surface area contributed by atoms with Gasteiger partial charge in [0.15, 0.2) is 5.82 Å². The zero-order valence-corrected chi connectivity index (χ0v) is 16.4. The Morgan fingerprint density at radius 2 is 1.82 bits per heavy atom. The third-order valence-corrected chi connectivity index (χ3v) is 5.34. The largest absolute Gasteiger partial charge is 0.335 e. The molecule has 3 N–H and O–H groups in total. The van der Waals surface area contributed by atoms with Gasteiger partial charge in [0.05, 0.1) is 5.75 Å². The van der Waals surface area contributed by atoms with Crippen LogP contribution in [-0.4, -0.2) is 32.3 Å². The highest BCUT2D eigenvalue weighted by molar-refractivity contribution is 8.00. The molecule has 28 heavy (non-hydrogen) atoms. The van der Waals surface area contributed by atoms with Crippen LogP contribution in [0.1, 0.15) is 5.56 Å². The Morgan fingerprint density at radius 1 is 1.14 bits per heavy atom. The molecule has 0 fully saturated rings. The van der Waals surface area contributed by atoms with Crippen molar-refractivity contribution in [2.75, 3.05) is 16.9 Å². The number of nitrogens with zero attached hydrogens (tertiary/aromatic N) is 3. The number of hydrogen-bond acceptors (Lipinski definition) is 6. The number of nitrogens with one attached hydrogen (secondary N) is 1. The van der Waals surface area contributed by atoms with Crippen LogP contribution in [0.3, 0.4) is 0 Å². The van der Waals surface area contributed by atoms with Crippen LogP contribution >= 0.6 is 23.5 Å². The molecular weight excluding hydrogens is 404 g/mol. The molecule has 0 spiro atoms. The topological polar surface area (TPSA) is 85.8 Å². The first-order valence-electron chi connectivity index (χ1n) is 8.17. The lowest BCUT2D eigenvalue weighted by Crippen LogP contribution is -2.16. The van der Waals surface area contributed by atoms with E-state index in [0.29, 0.717) is 33.3 Å². The first kappa shape index (κ1) is 20.2. The molecule has 0 atom stereocenters. The van der Waals surface area contributed by atoms with Crippen molar-refractivity contribution in [2.24, 2.45) is 0 Å². The molecule has 0 bridgehead atoms. The number of carbonyl (C=O) groups excluding carboxylic acids is 1. The van der Waals surface area contributed by atoms with Crippen molar-refractivity contribution in [3.8, 4) is 11.4 Å². The van der Waals surface area contributed by atoms with Crippen molar-refractivity contribution in [2.45, 2.75) is 22.7 Å². The fourth-order valence-electron chi connectivity index (χ4n) is 2.32. The molecule has 0 aliphatic rings. The second kappa shape index (κ2) is 9.07. The number of halogens is 2. The van der Waals surface area contributed by atoms with E-state index in [1.54, 1.807) is 12.1 Å². The summed E-state index contributed by atoms with van der Waals surface area (Å²) in [5.41, 5.74) is 2.48. The maximum absolute atomic E-state index is 12.3. The quantitative estimate of drug-likeness (QED) is 0.443. The molecule has 0 aliphatic carbocycles. The predicted molar refractivity (Wildman–Crippen MR) is 108 cm³/mol. The number of thioether (sulfide) groups is 2. The number of hydrogen-bond donors (Lipinski definition) is 2. The average Bonchev–Trinajstić information content (AvgIpc) is 3.02. The van der Waals surface area contributed by atoms with Crippen LogP contribution < -0.4 is 11.2 Å². The van der Waals surface area contributed by atoms with Crippen LogP contribution in [-0.2, 0) is 4.79 Å². The Labute approximate surface area is 168 Å². The number of benzene rings is 2. The van der Waals surface area contributed by atoms with E-state index in [-0.39, 0.29) is 11.7 Å². The molecule has 146 valence electrons. The fourth-order valence-corrected chi connectivity index (χ4v) is 3.48. The molecule has 3 rings (SSSR count). The summed E-state index contributed by atoms with van der Waals surface area (Å²) in [5, 5.41) is 11.2. The zero-order chi connectivity index (χ0) is 20.1. The molecule has 1 aromatic heterocycles. The summed E-state index contributed by atoms with van der Waals surface area (Å²) in [4.78, 5) is 12.6. The Bertz CT molecular complexity index is 946. The number of amides is 1. The number of rotatable bonds is 7. The van der Waals surface area contributed by atoms with Crippen LogP contribution in [0.5, 0.6) is 0 Å². The lowest BCUT2D eigenvalue weighted by atomic mass is 10.1. The summed E-state index contributed by atoms with van der Waals surface area (Å²) in [6.45, 7) is 1.99. The van der Waals surface area contributed by atoms with Crippen LogP contribution in [0.4, 0.5) is 14.5 Å². The molecule has 0 saturated heterocycles. The Kier molecular flexibility index (Phi) is 6.53. The number of anilines is 1. The highest BCUT2D eigenvalue weighted by Gasteiger charge is 2.14. The van der Waals surface area contributed by atoms with Crippen molar-refractivity contribution in [1.29, 1.82) is 0 Å². The summed E-state index contributed by atoms with van der Waals surface area (Å²) in [7, 11) is 0. The summed E-state index contributed by atoms with van der Waals surface area (Å²) >= 11 is 1.61. The van der Waals surface area contributed by atoms with Crippen molar-refractivity contribution in [3.63, 3.8) is 0 Å². The first-order chi connectivity index (χ1) is 13.4. The van der Waals surface area contributed by atoms with E-state index in [1.165, 1.54) is 16.8 Å². The number of alkyl halides is 2. The van der Waals surface area contributed by atoms with Gasteiger partial charge in [-0.3, -0.25) is 4.79 Å². The number of aryl methyl sites for hydroxylation is 1. The monoisotopic (exact) mass is 421 g/mol. The highest BCUT2D eigenvalue weighted by atomic mass is 32.2. The first-order valence-corrected chi connectivity index (χ1v) is 10.0. The molecular formula is C18H17F2N5OS2. The summed E-state index contributed by atoms with van der Waals surface area (Å²) in [6.07, 6.45) is 0. The maximum Gasteiger partial charge on any atom is 0.288 e. The van der Waals surface area contributed by atoms with E-state index >= 15 is 0 Å². The zero-order valence-electron chi connectivity index (χ0n) is 14.8. The van der Waals surface area contributed by atoms with Crippen molar-refractivity contribution in [3.05, 3.63) is 54.1 Å². The normalized spacial score (nSPS) is 11.0. The van der Waals surface area contributed by atoms with Gasteiger partial charge in [-0.15, -0.1) is 10.2 Å². The van der Waals surface area contributed by atoms with Crippen molar-refractivity contribution >= 4 is 35.1 Å². The second-order valence-electron chi connectivity index (χ2n) is 5.78. The van der Waals surface area contributed by atoms with Gasteiger partial charge in [-0.2, -0.15) is 8.78 Å². The van der Waals surface area contributed by atoms with Gasteiger partial charge >= 0.3 is 0 Å². The molecule has 0 aliphatic heterocycles. The van der Waals surface area contributed by atoms with Crippen LogP contribution in [0, 0.1) is 6.92 Å². The minimum Gasteiger partial charge on any atom is -0.335 e. The number of nitrogen functional groups attached to an aromatic ring is 1. The molecule has 1 amide bonds. The minimum atomic E-state index is -2.48. The van der Waals surface area contributed by atoms with Gasteiger partial charge in [0.25, 0.3) is 5.76 Å². The fraction of sp³-hybridized carbons (Fsp3) is 0.167. The summed E-state index contributed by atoms with van der Waals surface area (Å²) < 4.78 is 26.0. The minimum absolute atomic E-state index is 0.0801. The molecule has 0 radical (unpaired) electrons. The van der Waals surface area contributed by atoms with E-state index in [9.17, 15) is 13.6 Å². The number of nitrogens with two attached hydrogens (primary N) is 1. The molecule has 10 heteroatoms. The smallest absolute Gasteiger partial charge is 0.288 e. The second-order valence-corrected chi connectivity index (χ2v) is 7.79. The molecule has 2 aromatic carbocycles. The van der Waals surface area contributed by atoms with E-state index < -0.39 is 5.76 Å². The van der Waals surface area contributed by atoms with Crippen LogP contribution in [0.15, 0.2) is 58.6 Å². The number of carbonyl (C=O) groups is 1. The van der Waals surface area contributed by atoms with Crippen molar-refractivity contribution in [1.82, 2.24) is 14.9 Å². The highest BCUT2D eigenvalue weighted by Crippen LogP contribution is 2.26. The van der Waals surface area contributed by atoms with Crippen molar-refractivity contribution < 1.29 is 13.6 Å². The third-order valence-electron chi connectivity index (χ3n) is 3.67. The summed E-state index contributed by atoms with van der Waals surface area (Å²) in [6, 6.07) is 13.9. The SMILES string of the molecule is Cc1ccc(-c2nnc(SCC(=O)Nc3ccc(SC(F)F)cc3)n2N)cc1. The van der Waals surface area contributed by atoms with Gasteiger partial charge in [0.1, 0.15) is 0 Å². The van der Waals surface area contributed by atoms with Crippen LogP contribution in [0.2, 0.25) is 0 Å². The Morgan fingerprint density at radius 3 is 2.46 bits per heavy atom. The van der Waals surface area contributed by atoms with Gasteiger partial charge in [0.2, 0.25) is 11.1 Å². The van der Waals surface area contributed by atoms with E-state index in [4.69, 9.17) is 5.84 Å². The predicted octanol–water partition coefficient (Wildman–Crippen LogP) is 4.01. The van der Waals surface area contributed by atoms with Crippen LogP contribution in [0.25, 0.3) is 11.4 Å². The standard InChI is InChI=1S/C18H17F2N5OS2/c1-11-2-4-12(5-3-11)16-23-24-18(25(16)21)27-10-15(26)22-13-6-8-14(9-7-13)28-17(19)20/h2-9,17H,10,21H2,1H3,(H,22,26). The molecule has 1 heterocycles. The van der Waals surface area contributed by atoms with Gasteiger partial charge in [-0.05, 0) is 31.2 Å². The Hall–Kier alpha value is -2.59. The van der Waals surface area contributed by atoms with Gasteiger partial charge in [-0.1, -0.05) is 53.4 Å². The van der Waals surface area contributed by atoms with Gasteiger partial charge < -0.3 is 11.2 Å². The van der Waals surface area contributed by atoms with E-state index in [0.717, 1.165) is 22.9 Å². The van der Waals surface area contributed by atoms with Gasteiger partial charge in [0, 0.05) is 16.1 Å². The molecule has 3 aromatic rings. The lowest BCUT2D eigenvalue weighted by molar-refractivity contribution is -0.113. The van der Waals surface area contributed by atoms with Gasteiger partial charge in [-0.25, -0.2) is 4.68 Å². The molecule has 0 saturated carbocycles. The molecule has 6 nitrogen and oxygen atoms in total. The van der Waals surface area contributed by atoms with E-state index in [1.807, 2.05) is 31.2 Å². The lowest BCUT2D eigenvalue weighted by Gasteiger charge is -2.07. The third kappa shape index (κ3) is 5.23.